The Morgan fingerprint density at radius 1 is 1.27 bits per heavy atom. The molecule has 0 aromatic heterocycles. The second-order valence-electron chi connectivity index (χ2n) is 7.67. The largest absolute Gasteiger partial charge is 0.487 e. The van der Waals surface area contributed by atoms with Crippen LogP contribution < -0.4 is 4.74 Å². The molecule has 5 nitrogen and oxygen atoms in total. The van der Waals surface area contributed by atoms with Crippen LogP contribution in [0.2, 0.25) is 0 Å². The van der Waals surface area contributed by atoms with E-state index in [0.717, 1.165) is 0 Å². The van der Waals surface area contributed by atoms with Gasteiger partial charge in [-0.15, -0.1) is 0 Å². The van der Waals surface area contributed by atoms with Gasteiger partial charge in [-0.05, 0) is 18.1 Å². The van der Waals surface area contributed by atoms with E-state index in [9.17, 15) is 14.0 Å². The lowest BCUT2D eigenvalue weighted by molar-refractivity contribution is -0.137. The molecule has 0 bridgehead atoms. The van der Waals surface area contributed by atoms with Crippen LogP contribution >= 0.6 is 0 Å². The molecule has 26 heavy (non-hydrogen) atoms. The zero-order valence-corrected chi connectivity index (χ0v) is 15.5. The highest BCUT2D eigenvalue weighted by atomic mass is 19.1. The summed E-state index contributed by atoms with van der Waals surface area (Å²) in [5.41, 5.74) is 0. The zero-order chi connectivity index (χ0) is 18.7. The van der Waals surface area contributed by atoms with E-state index in [-0.39, 0.29) is 35.4 Å². The van der Waals surface area contributed by atoms with E-state index in [4.69, 9.17) is 4.74 Å². The number of amides is 2. The van der Waals surface area contributed by atoms with Gasteiger partial charge in [0.2, 0.25) is 11.8 Å². The molecule has 1 aromatic carbocycles. The summed E-state index contributed by atoms with van der Waals surface area (Å²) in [7, 11) is 0. The molecular formula is C20H27FN2O3. The van der Waals surface area contributed by atoms with E-state index in [2.05, 4.69) is 13.8 Å². The summed E-state index contributed by atoms with van der Waals surface area (Å²) >= 11 is 0. The summed E-state index contributed by atoms with van der Waals surface area (Å²) in [6.07, 6.45) is 1.59. The average Bonchev–Trinajstić information content (AvgIpc) is 2.97. The minimum Gasteiger partial charge on any atom is -0.487 e. The molecule has 2 amide bonds. The van der Waals surface area contributed by atoms with Crippen molar-refractivity contribution in [2.45, 2.75) is 39.2 Å². The molecule has 0 saturated carbocycles. The van der Waals surface area contributed by atoms with Crippen molar-refractivity contribution in [3.05, 3.63) is 30.1 Å². The fraction of sp³-hybridized carbons (Fsp3) is 0.600. The van der Waals surface area contributed by atoms with Crippen molar-refractivity contribution in [3.63, 3.8) is 0 Å². The summed E-state index contributed by atoms with van der Waals surface area (Å²) < 4.78 is 19.4. The number of piperidine rings is 1. The molecular weight excluding hydrogens is 335 g/mol. The molecule has 1 aromatic rings. The molecule has 2 aliphatic heterocycles. The molecule has 2 aliphatic rings. The van der Waals surface area contributed by atoms with Gasteiger partial charge in [0.15, 0.2) is 11.6 Å². The van der Waals surface area contributed by atoms with Crippen LogP contribution in [0.25, 0.3) is 0 Å². The quantitative estimate of drug-likeness (QED) is 0.809. The number of rotatable bonds is 5. The highest BCUT2D eigenvalue weighted by molar-refractivity contribution is 5.89. The molecule has 6 heteroatoms. The number of nitrogens with zero attached hydrogens (tertiary/aromatic N) is 2. The summed E-state index contributed by atoms with van der Waals surface area (Å²) in [6.45, 7) is 6.56. The topological polar surface area (TPSA) is 49.9 Å². The van der Waals surface area contributed by atoms with Crippen LogP contribution in [0.3, 0.4) is 0 Å². The Hall–Kier alpha value is -2.11. The molecule has 2 heterocycles. The first-order chi connectivity index (χ1) is 12.4. The number of benzene rings is 1. The van der Waals surface area contributed by atoms with Gasteiger partial charge in [-0.3, -0.25) is 9.59 Å². The smallest absolute Gasteiger partial charge is 0.227 e. The Morgan fingerprint density at radius 2 is 1.96 bits per heavy atom. The number of hydrogen-bond acceptors (Lipinski definition) is 3. The van der Waals surface area contributed by atoms with Gasteiger partial charge in [-0.2, -0.15) is 0 Å². The SMILES string of the molecule is CC(C)CN1C[C@@H](C(=O)N2CCC(Oc3ccccc3F)CC2)CC1=O. The standard InChI is InChI=1S/C20H27FN2O3/c1-14(2)12-23-13-15(11-19(23)24)20(25)22-9-7-16(8-10-22)26-18-6-4-3-5-17(18)21/h3-6,14-16H,7-13H2,1-2H3/t15-/m0/s1. The van der Waals surface area contributed by atoms with Crippen LogP contribution in [0.4, 0.5) is 4.39 Å². The molecule has 1 atom stereocenters. The molecule has 3 rings (SSSR count). The monoisotopic (exact) mass is 362 g/mol. The Morgan fingerprint density at radius 3 is 2.62 bits per heavy atom. The maximum atomic E-state index is 13.7. The Kier molecular flexibility index (Phi) is 5.79. The van der Waals surface area contributed by atoms with Gasteiger partial charge >= 0.3 is 0 Å². The van der Waals surface area contributed by atoms with Gasteiger partial charge in [0.25, 0.3) is 0 Å². The summed E-state index contributed by atoms with van der Waals surface area (Å²) in [5, 5.41) is 0. The van der Waals surface area contributed by atoms with E-state index in [1.165, 1.54) is 6.07 Å². The van der Waals surface area contributed by atoms with Crippen LogP contribution in [0, 0.1) is 17.7 Å². The second kappa shape index (κ2) is 8.06. The highest BCUT2D eigenvalue weighted by Gasteiger charge is 2.37. The van der Waals surface area contributed by atoms with Crippen molar-refractivity contribution in [2.24, 2.45) is 11.8 Å². The van der Waals surface area contributed by atoms with Gasteiger partial charge in [-0.25, -0.2) is 4.39 Å². The highest BCUT2D eigenvalue weighted by Crippen LogP contribution is 2.25. The molecule has 2 saturated heterocycles. The van der Waals surface area contributed by atoms with Crippen LogP contribution in [-0.4, -0.2) is 53.9 Å². The van der Waals surface area contributed by atoms with Crippen LogP contribution in [0.15, 0.2) is 24.3 Å². The molecule has 142 valence electrons. The number of carbonyl (C=O) groups is 2. The molecule has 0 aliphatic carbocycles. The number of likely N-dealkylation sites (tertiary alicyclic amines) is 2. The van der Waals surface area contributed by atoms with Gasteiger partial charge in [0, 0.05) is 45.4 Å². The molecule has 0 spiro atoms. The predicted octanol–water partition coefficient (Wildman–Crippen LogP) is 2.70. The van der Waals surface area contributed by atoms with Gasteiger partial charge in [0.1, 0.15) is 6.10 Å². The predicted molar refractivity (Wildman–Crippen MR) is 96.2 cm³/mol. The molecule has 2 fully saturated rings. The first kappa shape index (κ1) is 18.7. The van der Waals surface area contributed by atoms with Crippen LogP contribution in [0.1, 0.15) is 33.1 Å². The second-order valence-corrected chi connectivity index (χ2v) is 7.67. The van der Waals surface area contributed by atoms with Gasteiger partial charge in [-0.1, -0.05) is 26.0 Å². The lowest BCUT2D eigenvalue weighted by Gasteiger charge is -2.33. The Labute approximate surface area is 154 Å². The molecule has 0 unspecified atom stereocenters. The van der Waals surface area contributed by atoms with E-state index in [1.54, 1.807) is 23.1 Å². The van der Waals surface area contributed by atoms with Crippen molar-refractivity contribution < 1.29 is 18.7 Å². The lowest BCUT2D eigenvalue weighted by atomic mass is 10.0. The first-order valence-electron chi connectivity index (χ1n) is 9.41. The normalized spacial score (nSPS) is 21.5. The number of hydrogen-bond donors (Lipinski definition) is 0. The fourth-order valence-corrected chi connectivity index (χ4v) is 3.73. The van der Waals surface area contributed by atoms with Crippen LogP contribution in [0.5, 0.6) is 5.75 Å². The average molecular weight is 362 g/mol. The minimum atomic E-state index is -0.360. The first-order valence-corrected chi connectivity index (χ1v) is 9.41. The third-order valence-electron chi connectivity index (χ3n) is 5.03. The zero-order valence-electron chi connectivity index (χ0n) is 15.5. The number of para-hydroxylation sites is 1. The van der Waals surface area contributed by atoms with Crippen molar-refractivity contribution >= 4 is 11.8 Å². The number of carbonyl (C=O) groups excluding carboxylic acids is 2. The summed E-state index contributed by atoms with van der Waals surface area (Å²) in [4.78, 5) is 28.5. The van der Waals surface area contributed by atoms with Gasteiger partial charge in [0.05, 0.1) is 5.92 Å². The van der Waals surface area contributed by atoms with Crippen molar-refractivity contribution in [1.82, 2.24) is 9.80 Å². The number of ether oxygens (including phenoxy) is 1. The number of halogens is 1. The summed E-state index contributed by atoms with van der Waals surface area (Å²) in [6, 6.07) is 6.39. The van der Waals surface area contributed by atoms with Crippen molar-refractivity contribution in [3.8, 4) is 5.75 Å². The maximum Gasteiger partial charge on any atom is 0.227 e. The third-order valence-corrected chi connectivity index (χ3v) is 5.03. The van der Waals surface area contributed by atoms with E-state index in [1.807, 2.05) is 4.90 Å². The fourth-order valence-electron chi connectivity index (χ4n) is 3.73. The van der Waals surface area contributed by atoms with Gasteiger partial charge < -0.3 is 14.5 Å². The van der Waals surface area contributed by atoms with E-state index < -0.39 is 0 Å². The molecule has 0 radical (unpaired) electrons. The minimum absolute atomic E-state index is 0.0638. The van der Waals surface area contributed by atoms with E-state index in [0.29, 0.717) is 51.4 Å². The van der Waals surface area contributed by atoms with Crippen molar-refractivity contribution in [1.29, 1.82) is 0 Å². The lowest BCUT2D eigenvalue weighted by Crippen LogP contribution is -2.45. The maximum absolute atomic E-state index is 13.7. The molecule has 0 N–H and O–H groups in total. The third kappa shape index (κ3) is 4.34. The van der Waals surface area contributed by atoms with Crippen LogP contribution in [-0.2, 0) is 9.59 Å². The van der Waals surface area contributed by atoms with Crippen molar-refractivity contribution in [2.75, 3.05) is 26.2 Å². The summed E-state index contributed by atoms with van der Waals surface area (Å²) in [5.74, 6) is 0.219. The Bertz CT molecular complexity index is 656. The Balaban J connectivity index is 1.49. The van der Waals surface area contributed by atoms with E-state index >= 15 is 0 Å².